The highest BCUT2D eigenvalue weighted by Crippen LogP contribution is 2.15. The summed E-state index contributed by atoms with van der Waals surface area (Å²) in [7, 11) is 1.16. The fourth-order valence-electron chi connectivity index (χ4n) is 1.03. The second-order valence-electron chi connectivity index (χ2n) is 2.54. The van der Waals surface area contributed by atoms with Crippen molar-refractivity contribution in [2.75, 3.05) is 7.11 Å². The van der Waals surface area contributed by atoms with Crippen LogP contribution in [0.3, 0.4) is 0 Å². The van der Waals surface area contributed by atoms with Gasteiger partial charge in [0.15, 0.2) is 5.52 Å². The van der Waals surface area contributed by atoms with E-state index in [1.807, 2.05) is 0 Å². The summed E-state index contributed by atoms with van der Waals surface area (Å²) in [4.78, 5) is 28.4. The van der Waals surface area contributed by atoms with Crippen LogP contribution in [0.2, 0.25) is 0 Å². The number of nitrogens with zero attached hydrogens (tertiary/aromatic N) is 2. The lowest BCUT2D eigenvalue weighted by atomic mass is 10.4. The Hall–Kier alpha value is -2.38. The second-order valence-corrected chi connectivity index (χ2v) is 2.54. The maximum absolute atomic E-state index is 11.2. The van der Waals surface area contributed by atoms with Crippen LogP contribution in [-0.4, -0.2) is 33.4 Å². The predicted molar refractivity (Wildman–Crippen MR) is 47.5 cm³/mol. The lowest BCUT2D eigenvalue weighted by Crippen LogP contribution is -2.14. The smallest absolute Gasteiger partial charge is 0.437 e. The topological polar surface area (TPSA) is 110 Å². The van der Waals surface area contributed by atoms with Gasteiger partial charge in [0.05, 0.1) is 13.4 Å². The highest BCUT2D eigenvalue weighted by Gasteiger charge is 2.13. The number of imidazole rings is 1. The Bertz CT molecular complexity index is 557. The minimum absolute atomic E-state index is 0.0889. The molecule has 0 saturated heterocycles. The van der Waals surface area contributed by atoms with Crippen molar-refractivity contribution in [1.82, 2.24) is 20.2 Å². The van der Waals surface area contributed by atoms with Gasteiger partial charge >= 0.3 is 6.16 Å². The molecular weight excluding hydrogens is 204 g/mol. The summed E-state index contributed by atoms with van der Waals surface area (Å²) in [5.74, 6) is -0.0889. The van der Waals surface area contributed by atoms with Crippen LogP contribution in [-0.2, 0) is 4.74 Å². The molecule has 0 bridgehead atoms. The van der Waals surface area contributed by atoms with Gasteiger partial charge in [-0.2, -0.15) is 0 Å². The van der Waals surface area contributed by atoms with E-state index >= 15 is 0 Å². The van der Waals surface area contributed by atoms with Gasteiger partial charge in [-0.3, -0.25) is 4.79 Å². The molecule has 2 heterocycles. The van der Waals surface area contributed by atoms with E-state index in [4.69, 9.17) is 0 Å². The van der Waals surface area contributed by atoms with Gasteiger partial charge in [0.1, 0.15) is 5.52 Å². The van der Waals surface area contributed by atoms with Gasteiger partial charge in [-0.15, -0.1) is 5.10 Å². The minimum Gasteiger partial charge on any atom is -0.437 e. The number of ether oxygens (including phenoxy) is 2. The normalized spacial score (nSPS) is 10.2. The number of H-pyrrole nitrogens is 2. The number of rotatable bonds is 1. The van der Waals surface area contributed by atoms with Gasteiger partial charge in [-0.05, 0) is 0 Å². The summed E-state index contributed by atoms with van der Waals surface area (Å²) in [6.07, 6.45) is 0.372. The zero-order valence-electron chi connectivity index (χ0n) is 7.60. The molecule has 0 aliphatic rings. The van der Waals surface area contributed by atoms with Gasteiger partial charge in [-0.25, -0.2) is 14.9 Å². The van der Waals surface area contributed by atoms with E-state index in [1.165, 1.54) is 6.33 Å². The molecule has 0 fully saturated rings. The number of hydrogen-bond acceptors (Lipinski definition) is 6. The molecule has 0 spiro atoms. The number of methoxy groups -OCH3 is 1. The molecule has 0 aliphatic heterocycles. The van der Waals surface area contributed by atoms with Gasteiger partial charge in [0.2, 0.25) is 0 Å². The molecule has 78 valence electrons. The van der Waals surface area contributed by atoms with Crippen LogP contribution in [0.1, 0.15) is 0 Å². The molecule has 0 amide bonds. The summed E-state index contributed by atoms with van der Waals surface area (Å²) in [6.45, 7) is 0. The Morgan fingerprint density at radius 1 is 1.53 bits per heavy atom. The number of nitrogens with one attached hydrogen (secondary N) is 2. The van der Waals surface area contributed by atoms with Crippen molar-refractivity contribution in [2.45, 2.75) is 0 Å². The molecule has 0 unspecified atom stereocenters. The molecule has 2 aromatic heterocycles. The van der Waals surface area contributed by atoms with Crippen molar-refractivity contribution in [2.24, 2.45) is 0 Å². The van der Waals surface area contributed by atoms with Crippen molar-refractivity contribution < 1.29 is 14.3 Å². The summed E-state index contributed by atoms with van der Waals surface area (Å²) in [5.41, 5.74) is -0.114. The van der Waals surface area contributed by atoms with Crippen LogP contribution in [0, 0.1) is 0 Å². The quantitative estimate of drug-likeness (QED) is 0.630. The van der Waals surface area contributed by atoms with Gasteiger partial charge < -0.3 is 14.5 Å². The summed E-state index contributed by atoms with van der Waals surface area (Å²) >= 11 is 0. The van der Waals surface area contributed by atoms with Crippen molar-refractivity contribution in [3.63, 3.8) is 0 Å². The molecule has 0 aromatic carbocycles. The van der Waals surface area contributed by atoms with Crippen LogP contribution in [0.25, 0.3) is 11.0 Å². The first kappa shape index (κ1) is 9.19. The number of aromatic amines is 2. The summed E-state index contributed by atoms with van der Waals surface area (Å²) in [6, 6.07) is 0. The zero-order chi connectivity index (χ0) is 10.8. The first-order valence-electron chi connectivity index (χ1n) is 3.90. The van der Waals surface area contributed by atoms with E-state index in [9.17, 15) is 9.59 Å². The Kier molecular flexibility index (Phi) is 2.08. The van der Waals surface area contributed by atoms with E-state index in [-0.39, 0.29) is 16.9 Å². The molecule has 2 rings (SSSR count). The van der Waals surface area contributed by atoms with Crippen molar-refractivity contribution in [3.8, 4) is 5.88 Å². The van der Waals surface area contributed by atoms with Crippen molar-refractivity contribution in [1.29, 1.82) is 0 Å². The van der Waals surface area contributed by atoms with E-state index in [0.717, 1.165) is 7.11 Å². The number of hydrogen-bond donors (Lipinski definition) is 2. The first-order chi connectivity index (χ1) is 7.22. The Morgan fingerprint density at radius 2 is 2.33 bits per heavy atom. The molecule has 2 N–H and O–H groups in total. The first-order valence-corrected chi connectivity index (χ1v) is 3.90. The molecule has 0 radical (unpaired) electrons. The molecule has 8 heteroatoms. The Morgan fingerprint density at radius 3 is 3.07 bits per heavy atom. The average molecular weight is 210 g/mol. The number of fused-ring (bicyclic) bond motifs is 1. The van der Waals surface area contributed by atoms with Gasteiger partial charge in [0, 0.05) is 0 Å². The monoisotopic (exact) mass is 210 g/mol. The number of aromatic nitrogens is 4. The fraction of sp³-hybridized carbons (Fsp3) is 0.143. The highest BCUT2D eigenvalue weighted by molar-refractivity contribution is 5.80. The predicted octanol–water partition coefficient (Wildman–Crippen LogP) is -0.209. The lowest BCUT2D eigenvalue weighted by Gasteiger charge is -2.00. The molecule has 15 heavy (non-hydrogen) atoms. The molecule has 0 aliphatic carbocycles. The molecule has 8 nitrogen and oxygen atoms in total. The zero-order valence-corrected chi connectivity index (χ0v) is 7.60. The Labute approximate surface area is 82.2 Å². The third-order valence-electron chi connectivity index (χ3n) is 1.67. The van der Waals surface area contributed by atoms with Crippen LogP contribution in [0.15, 0.2) is 11.1 Å². The van der Waals surface area contributed by atoms with Crippen LogP contribution in [0.5, 0.6) is 5.88 Å². The highest BCUT2D eigenvalue weighted by atomic mass is 16.7. The SMILES string of the molecule is COC(=O)Oc1n[nH]c(=O)c2nc[nH]c12. The standard InChI is InChI=1S/C7H6N4O4/c1-14-7(13)15-6-4-3(8-2-9-4)5(12)10-11-6/h2H,1H3,(H,8,9)(H,10,12). The van der Waals surface area contributed by atoms with E-state index in [0.29, 0.717) is 0 Å². The van der Waals surface area contributed by atoms with Crippen molar-refractivity contribution >= 4 is 17.2 Å². The van der Waals surface area contributed by atoms with Gasteiger partial charge in [-0.1, -0.05) is 0 Å². The third-order valence-corrected chi connectivity index (χ3v) is 1.67. The maximum atomic E-state index is 11.2. The molecule has 0 atom stereocenters. The summed E-state index contributed by atoms with van der Waals surface area (Å²) in [5, 5.41) is 5.67. The Balaban J connectivity index is 2.52. The van der Waals surface area contributed by atoms with Crippen LogP contribution < -0.4 is 10.3 Å². The fourth-order valence-corrected chi connectivity index (χ4v) is 1.03. The summed E-state index contributed by atoms with van der Waals surface area (Å²) < 4.78 is 8.96. The van der Waals surface area contributed by atoms with E-state index in [1.54, 1.807) is 0 Å². The average Bonchev–Trinajstić information content (AvgIpc) is 2.71. The molecular formula is C7H6N4O4. The van der Waals surface area contributed by atoms with Gasteiger partial charge in [0.25, 0.3) is 11.4 Å². The number of carbonyl (C=O) groups excluding carboxylic acids is 1. The lowest BCUT2D eigenvalue weighted by molar-refractivity contribution is 0.120. The molecule has 2 aromatic rings. The minimum atomic E-state index is -0.926. The van der Waals surface area contributed by atoms with Crippen molar-refractivity contribution in [3.05, 3.63) is 16.7 Å². The third kappa shape index (κ3) is 1.52. The largest absolute Gasteiger partial charge is 0.515 e. The van der Waals surface area contributed by atoms with E-state index in [2.05, 4.69) is 29.6 Å². The maximum Gasteiger partial charge on any atom is 0.515 e. The molecule has 0 saturated carbocycles. The van der Waals surface area contributed by atoms with E-state index < -0.39 is 11.7 Å². The number of carbonyl (C=O) groups is 1. The van der Waals surface area contributed by atoms with Crippen LogP contribution in [0.4, 0.5) is 4.79 Å². The second kappa shape index (κ2) is 3.40. The van der Waals surface area contributed by atoms with Crippen LogP contribution >= 0.6 is 0 Å².